The van der Waals surface area contributed by atoms with Gasteiger partial charge in [0.1, 0.15) is 42.1 Å². The van der Waals surface area contributed by atoms with Gasteiger partial charge in [0.05, 0.1) is 13.2 Å². The maximum Gasteiger partial charge on any atom is 0.130 e. The molecule has 1 heterocycles. The Morgan fingerprint density at radius 1 is 1.03 bits per heavy atom. The van der Waals surface area contributed by atoms with Gasteiger partial charge in [-0.25, -0.2) is 4.39 Å². The number of aliphatic hydroxyl groups is 4. The van der Waals surface area contributed by atoms with E-state index in [1.54, 1.807) is 12.1 Å². The van der Waals surface area contributed by atoms with Crippen molar-refractivity contribution < 1.29 is 34.3 Å². The lowest BCUT2D eigenvalue weighted by Gasteiger charge is -2.40. The van der Waals surface area contributed by atoms with Crippen LogP contribution in [0.25, 0.3) is 0 Å². The van der Waals surface area contributed by atoms with Gasteiger partial charge in [0.25, 0.3) is 0 Å². The zero-order chi connectivity index (χ0) is 22.1. The molecule has 0 bridgehead atoms. The summed E-state index contributed by atoms with van der Waals surface area (Å²) in [5.74, 6) is 0.153. The van der Waals surface area contributed by atoms with Crippen LogP contribution in [0.5, 0.6) is 5.75 Å². The Morgan fingerprint density at radius 2 is 1.84 bits per heavy atom. The molecular weight excluding hydrogens is 403 g/mol. The van der Waals surface area contributed by atoms with E-state index < -0.39 is 37.1 Å². The molecule has 1 aliphatic carbocycles. The summed E-state index contributed by atoms with van der Waals surface area (Å²) in [6.45, 7) is 1.84. The van der Waals surface area contributed by atoms with Gasteiger partial charge in [-0.05, 0) is 60.1 Å². The highest BCUT2D eigenvalue weighted by Gasteiger charge is 2.44. The number of hydrogen-bond acceptors (Lipinski definition) is 6. The molecule has 2 aromatic rings. The van der Waals surface area contributed by atoms with Gasteiger partial charge < -0.3 is 29.9 Å². The third-order valence-corrected chi connectivity index (χ3v) is 6.27. The lowest BCUT2D eigenvalue weighted by atomic mass is 9.87. The van der Waals surface area contributed by atoms with Gasteiger partial charge in [0.2, 0.25) is 0 Å². The predicted molar refractivity (Wildman–Crippen MR) is 112 cm³/mol. The van der Waals surface area contributed by atoms with Crippen molar-refractivity contribution in [2.75, 3.05) is 13.2 Å². The molecule has 4 rings (SSSR count). The normalized spacial score (nSPS) is 27.9. The summed E-state index contributed by atoms with van der Waals surface area (Å²) in [5, 5.41) is 40.3. The molecule has 0 aromatic heterocycles. The Labute approximate surface area is 180 Å². The first kappa shape index (κ1) is 22.2. The van der Waals surface area contributed by atoms with Crippen LogP contribution in [0.15, 0.2) is 30.3 Å². The third-order valence-electron chi connectivity index (χ3n) is 6.27. The van der Waals surface area contributed by atoms with Crippen molar-refractivity contribution in [2.24, 2.45) is 0 Å². The summed E-state index contributed by atoms with van der Waals surface area (Å²) in [6.07, 6.45) is -2.89. The van der Waals surface area contributed by atoms with Crippen LogP contribution < -0.4 is 4.74 Å². The van der Waals surface area contributed by atoms with Crippen LogP contribution in [-0.2, 0) is 24.0 Å². The molecule has 6 nitrogen and oxygen atoms in total. The smallest absolute Gasteiger partial charge is 0.130 e. The minimum absolute atomic E-state index is 0.337. The van der Waals surface area contributed by atoms with Crippen LogP contribution >= 0.6 is 0 Å². The van der Waals surface area contributed by atoms with Gasteiger partial charge in [0, 0.05) is 12.5 Å². The summed E-state index contributed by atoms with van der Waals surface area (Å²) < 4.78 is 25.8. The zero-order valence-electron chi connectivity index (χ0n) is 17.5. The fourth-order valence-electron chi connectivity index (χ4n) is 4.66. The molecule has 4 N–H and O–H groups in total. The first-order valence-corrected chi connectivity index (χ1v) is 10.8. The predicted octanol–water partition coefficient (Wildman–Crippen LogP) is 1.82. The summed E-state index contributed by atoms with van der Waals surface area (Å²) in [5.41, 5.74) is 4.45. The SMILES string of the molecule is CCOc1ccc(Cc2cc([C@@H]3O[C@H](CO)[C@@H](O)[C@H](O)[C@H]3O)cc3c2CCC3)c(F)c1. The van der Waals surface area contributed by atoms with Crippen LogP contribution in [0.2, 0.25) is 0 Å². The van der Waals surface area contributed by atoms with Crippen LogP contribution in [-0.4, -0.2) is 58.1 Å². The van der Waals surface area contributed by atoms with Gasteiger partial charge in [-0.2, -0.15) is 0 Å². The number of aryl methyl sites for hydroxylation is 1. The molecule has 2 aliphatic rings. The average Bonchev–Trinajstić information content (AvgIpc) is 3.23. The Bertz CT molecular complexity index is 931. The molecule has 0 radical (unpaired) electrons. The van der Waals surface area contributed by atoms with Crippen LogP contribution in [0.3, 0.4) is 0 Å². The van der Waals surface area contributed by atoms with E-state index in [-0.39, 0.29) is 5.82 Å². The number of fused-ring (bicyclic) bond motifs is 1. The van der Waals surface area contributed by atoms with Crippen molar-refractivity contribution in [3.05, 3.63) is 64.0 Å². The summed E-state index contributed by atoms with van der Waals surface area (Å²) in [7, 11) is 0. The molecule has 0 amide bonds. The quantitative estimate of drug-likeness (QED) is 0.556. The second-order valence-electron chi connectivity index (χ2n) is 8.28. The van der Waals surface area contributed by atoms with E-state index >= 15 is 0 Å². The Kier molecular flexibility index (Phi) is 6.60. The van der Waals surface area contributed by atoms with Gasteiger partial charge in [-0.1, -0.05) is 18.2 Å². The van der Waals surface area contributed by atoms with Crippen molar-refractivity contribution in [3.63, 3.8) is 0 Å². The Morgan fingerprint density at radius 3 is 2.55 bits per heavy atom. The van der Waals surface area contributed by atoms with E-state index in [1.165, 1.54) is 11.6 Å². The van der Waals surface area contributed by atoms with Crippen LogP contribution in [0.4, 0.5) is 4.39 Å². The fourth-order valence-corrected chi connectivity index (χ4v) is 4.66. The van der Waals surface area contributed by atoms with E-state index in [2.05, 4.69) is 0 Å². The Hall–Kier alpha value is -2.03. The largest absolute Gasteiger partial charge is 0.494 e. The summed E-state index contributed by atoms with van der Waals surface area (Å²) in [6, 6.07) is 8.70. The lowest BCUT2D eigenvalue weighted by Crippen LogP contribution is -2.55. The number of halogens is 1. The van der Waals surface area contributed by atoms with Crippen LogP contribution in [0.1, 0.15) is 47.3 Å². The monoisotopic (exact) mass is 432 g/mol. The highest BCUT2D eigenvalue weighted by Crippen LogP contribution is 2.37. The fraction of sp³-hybridized carbons (Fsp3) is 0.500. The van der Waals surface area contributed by atoms with Crippen molar-refractivity contribution in [1.29, 1.82) is 0 Å². The maximum absolute atomic E-state index is 14.7. The summed E-state index contributed by atoms with van der Waals surface area (Å²) in [4.78, 5) is 0. The molecule has 1 fully saturated rings. The van der Waals surface area contributed by atoms with Crippen molar-refractivity contribution in [3.8, 4) is 5.75 Å². The van der Waals surface area contributed by atoms with Crippen molar-refractivity contribution >= 4 is 0 Å². The topological polar surface area (TPSA) is 99.4 Å². The minimum Gasteiger partial charge on any atom is -0.494 e. The van der Waals surface area contributed by atoms with Gasteiger partial charge in [-0.15, -0.1) is 0 Å². The van der Waals surface area contributed by atoms with E-state index in [0.29, 0.717) is 29.9 Å². The molecule has 7 heteroatoms. The van der Waals surface area contributed by atoms with Crippen molar-refractivity contribution in [1.82, 2.24) is 0 Å². The molecule has 5 atom stereocenters. The van der Waals surface area contributed by atoms with Crippen molar-refractivity contribution in [2.45, 2.75) is 63.1 Å². The van der Waals surface area contributed by atoms with Gasteiger partial charge >= 0.3 is 0 Å². The molecule has 31 heavy (non-hydrogen) atoms. The number of ether oxygens (including phenoxy) is 2. The van der Waals surface area contributed by atoms with E-state index in [1.807, 2.05) is 19.1 Å². The number of benzene rings is 2. The van der Waals surface area contributed by atoms with E-state index in [0.717, 1.165) is 30.4 Å². The van der Waals surface area contributed by atoms with E-state index in [9.17, 15) is 24.8 Å². The minimum atomic E-state index is -1.43. The molecule has 168 valence electrons. The molecule has 2 aromatic carbocycles. The molecule has 1 aliphatic heterocycles. The lowest BCUT2D eigenvalue weighted by molar-refractivity contribution is -0.231. The standard InChI is InChI=1S/C24H29FO6/c1-2-30-17-7-6-14(19(25)11-17)9-15-10-16(8-13-4-3-5-18(13)15)24-23(29)22(28)21(27)20(12-26)31-24/h6-8,10-11,20-24,26-29H,2-5,9,12H2,1H3/t20-,21-,22+,23-,24+/m1/s1. The number of hydrogen-bond donors (Lipinski definition) is 4. The first-order chi connectivity index (χ1) is 14.9. The third kappa shape index (κ3) is 4.33. The van der Waals surface area contributed by atoms with Gasteiger partial charge in [-0.3, -0.25) is 0 Å². The molecular formula is C24H29FO6. The second-order valence-corrected chi connectivity index (χ2v) is 8.28. The zero-order valence-corrected chi connectivity index (χ0v) is 17.5. The highest BCUT2D eigenvalue weighted by atomic mass is 19.1. The summed E-state index contributed by atoms with van der Waals surface area (Å²) >= 11 is 0. The molecule has 0 spiro atoms. The number of rotatable bonds is 6. The maximum atomic E-state index is 14.7. The number of aliphatic hydroxyl groups excluding tert-OH is 4. The first-order valence-electron chi connectivity index (χ1n) is 10.8. The Balaban J connectivity index is 1.67. The van der Waals surface area contributed by atoms with Gasteiger partial charge in [0.15, 0.2) is 0 Å². The highest BCUT2D eigenvalue weighted by molar-refractivity contribution is 5.46. The second kappa shape index (κ2) is 9.22. The average molecular weight is 432 g/mol. The van der Waals surface area contributed by atoms with Crippen LogP contribution in [0, 0.1) is 5.82 Å². The van der Waals surface area contributed by atoms with E-state index in [4.69, 9.17) is 9.47 Å². The molecule has 0 saturated carbocycles. The molecule has 1 saturated heterocycles. The molecule has 0 unspecified atom stereocenters.